The van der Waals surface area contributed by atoms with Gasteiger partial charge in [0, 0.05) is 43.7 Å². The first-order chi connectivity index (χ1) is 12.0. The zero-order valence-corrected chi connectivity index (χ0v) is 15.5. The van der Waals surface area contributed by atoms with E-state index in [-0.39, 0.29) is 18.1 Å². The second kappa shape index (κ2) is 7.39. The molecule has 0 aliphatic carbocycles. The van der Waals surface area contributed by atoms with Crippen molar-refractivity contribution in [1.82, 2.24) is 24.9 Å². The van der Waals surface area contributed by atoms with Crippen LogP contribution in [0.3, 0.4) is 0 Å². The van der Waals surface area contributed by atoms with Crippen LogP contribution in [0.1, 0.15) is 48.9 Å². The molecule has 1 saturated heterocycles. The maximum Gasteiger partial charge on any atom is 0.224 e. The van der Waals surface area contributed by atoms with Crippen molar-refractivity contribution >= 4 is 5.91 Å². The lowest BCUT2D eigenvalue weighted by molar-refractivity contribution is -0.121. The van der Waals surface area contributed by atoms with Crippen molar-refractivity contribution in [3.63, 3.8) is 0 Å². The highest BCUT2D eigenvalue weighted by Gasteiger charge is 2.32. The molecule has 2 aromatic heterocycles. The number of carbonyl (C=O) groups is 1. The molecule has 0 spiro atoms. The zero-order chi connectivity index (χ0) is 18.0. The smallest absolute Gasteiger partial charge is 0.224 e. The van der Waals surface area contributed by atoms with Crippen LogP contribution in [0.15, 0.2) is 12.4 Å². The van der Waals surface area contributed by atoms with Crippen LogP contribution in [0, 0.1) is 0 Å². The van der Waals surface area contributed by atoms with Crippen molar-refractivity contribution in [2.24, 2.45) is 14.1 Å². The van der Waals surface area contributed by atoms with Gasteiger partial charge < -0.3 is 10.1 Å². The van der Waals surface area contributed by atoms with Gasteiger partial charge in [-0.05, 0) is 19.3 Å². The Morgan fingerprint density at radius 1 is 1.36 bits per heavy atom. The summed E-state index contributed by atoms with van der Waals surface area (Å²) in [5.41, 5.74) is 4.23. The number of rotatable bonds is 6. The second-order valence-electron chi connectivity index (χ2n) is 6.58. The molecule has 7 nitrogen and oxygen atoms in total. The molecule has 25 heavy (non-hydrogen) atoms. The minimum atomic E-state index is -0.122. The monoisotopic (exact) mass is 345 g/mol. The summed E-state index contributed by atoms with van der Waals surface area (Å²) in [7, 11) is 3.83. The van der Waals surface area contributed by atoms with Crippen LogP contribution in [0.25, 0.3) is 0 Å². The number of nitrogens with zero attached hydrogens (tertiary/aromatic N) is 4. The van der Waals surface area contributed by atoms with Crippen molar-refractivity contribution in [3.05, 3.63) is 34.9 Å². The molecule has 0 unspecified atom stereocenters. The molecule has 1 N–H and O–H groups in total. The summed E-state index contributed by atoms with van der Waals surface area (Å²) in [4.78, 5) is 12.7. The zero-order valence-electron chi connectivity index (χ0n) is 15.5. The van der Waals surface area contributed by atoms with E-state index >= 15 is 0 Å². The molecule has 3 rings (SSSR count). The second-order valence-corrected chi connectivity index (χ2v) is 6.58. The quantitative estimate of drug-likeness (QED) is 0.860. The molecule has 2 atom stereocenters. The summed E-state index contributed by atoms with van der Waals surface area (Å²) in [6, 6.07) is -0.0106. The Kier molecular flexibility index (Phi) is 5.22. The van der Waals surface area contributed by atoms with Gasteiger partial charge in [-0.3, -0.25) is 14.2 Å². The molecule has 0 bridgehead atoms. The van der Waals surface area contributed by atoms with Crippen LogP contribution < -0.4 is 5.32 Å². The number of nitrogens with one attached hydrogen (secondary N) is 1. The van der Waals surface area contributed by atoms with E-state index in [4.69, 9.17) is 4.74 Å². The van der Waals surface area contributed by atoms with Crippen molar-refractivity contribution < 1.29 is 9.53 Å². The third-order valence-electron chi connectivity index (χ3n) is 4.86. The Balaban J connectivity index is 1.70. The predicted octanol–water partition coefficient (Wildman–Crippen LogP) is 1.47. The molecular formula is C18H27N5O2. The van der Waals surface area contributed by atoms with E-state index in [0.29, 0.717) is 13.0 Å². The van der Waals surface area contributed by atoms with Crippen molar-refractivity contribution in [2.75, 3.05) is 6.61 Å². The predicted molar refractivity (Wildman–Crippen MR) is 94.1 cm³/mol. The van der Waals surface area contributed by atoms with Crippen molar-refractivity contribution in [2.45, 2.75) is 51.7 Å². The Morgan fingerprint density at radius 3 is 2.80 bits per heavy atom. The van der Waals surface area contributed by atoms with Gasteiger partial charge in [-0.2, -0.15) is 10.2 Å². The highest BCUT2D eigenvalue weighted by Crippen LogP contribution is 2.29. The topological polar surface area (TPSA) is 74.0 Å². The van der Waals surface area contributed by atoms with Crippen molar-refractivity contribution in [1.29, 1.82) is 0 Å². The molecule has 0 aromatic carbocycles. The molecule has 0 radical (unpaired) electrons. The van der Waals surface area contributed by atoms with Crippen LogP contribution >= 0.6 is 0 Å². The number of carbonyl (C=O) groups excluding carboxylic acids is 1. The molecule has 136 valence electrons. The number of amides is 1. The van der Waals surface area contributed by atoms with Crippen LogP contribution in [0.5, 0.6) is 0 Å². The van der Waals surface area contributed by atoms with Gasteiger partial charge in [-0.15, -0.1) is 0 Å². The Hall–Kier alpha value is -2.15. The lowest BCUT2D eigenvalue weighted by Gasteiger charge is -2.19. The van der Waals surface area contributed by atoms with Gasteiger partial charge in [-0.1, -0.05) is 13.8 Å². The van der Waals surface area contributed by atoms with E-state index in [1.807, 2.05) is 25.0 Å². The SMILES string of the molecule is CCc1nn(C)c(CC)c1CC(=O)N[C@H]1CCO[C@@H]1c1cnn(C)c1. The van der Waals surface area contributed by atoms with E-state index in [2.05, 4.69) is 29.4 Å². The standard InChI is InChI=1S/C18H27N5O2/c1-5-14-13(16(6-2)23(4)21-14)9-17(24)20-15-7-8-25-18(15)12-10-19-22(3)11-12/h10-11,15,18H,5-9H2,1-4H3,(H,20,24)/t15-,18+/m0/s1. The first-order valence-electron chi connectivity index (χ1n) is 8.96. The van der Waals surface area contributed by atoms with Crippen LogP contribution in [-0.4, -0.2) is 38.1 Å². The maximum absolute atomic E-state index is 12.7. The number of aryl methyl sites for hydroxylation is 3. The Morgan fingerprint density at radius 2 is 2.16 bits per heavy atom. The van der Waals surface area contributed by atoms with Gasteiger partial charge in [0.1, 0.15) is 6.10 Å². The van der Waals surface area contributed by atoms with Gasteiger partial charge >= 0.3 is 0 Å². The Bertz CT molecular complexity index is 749. The molecule has 1 fully saturated rings. The lowest BCUT2D eigenvalue weighted by Crippen LogP contribution is -2.37. The lowest BCUT2D eigenvalue weighted by atomic mass is 10.0. The fourth-order valence-electron chi connectivity index (χ4n) is 3.67. The number of aromatic nitrogens is 4. The molecule has 1 aliphatic rings. The van der Waals surface area contributed by atoms with Gasteiger partial charge in [0.05, 0.1) is 24.4 Å². The highest BCUT2D eigenvalue weighted by atomic mass is 16.5. The maximum atomic E-state index is 12.7. The molecule has 0 saturated carbocycles. The molecular weight excluding hydrogens is 318 g/mol. The number of hydrogen-bond donors (Lipinski definition) is 1. The van der Waals surface area contributed by atoms with Crippen LogP contribution in [0.4, 0.5) is 0 Å². The van der Waals surface area contributed by atoms with Gasteiger partial charge in [0.25, 0.3) is 0 Å². The fraction of sp³-hybridized carbons (Fsp3) is 0.611. The minimum absolute atomic E-state index is 0.0106. The number of hydrogen-bond acceptors (Lipinski definition) is 4. The van der Waals surface area contributed by atoms with Gasteiger partial charge in [-0.25, -0.2) is 0 Å². The van der Waals surface area contributed by atoms with E-state index in [1.165, 1.54) is 0 Å². The molecule has 1 amide bonds. The fourth-order valence-corrected chi connectivity index (χ4v) is 3.67. The molecule has 2 aromatic rings. The number of ether oxygens (including phenoxy) is 1. The van der Waals surface area contributed by atoms with E-state index in [0.717, 1.165) is 41.8 Å². The van der Waals surface area contributed by atoms with E-state index in [9.17, 15) is 4.79 Å². The minimum Gasteiger partial charge on any atom is -0.371 e. The average Bonchev–Trinajstić information content (AvgIpc) is 3.27. The normalized spacial score (nSPS) is 20.2. The first kappa shape index (κ1) is 17.7. The van der Waals surface area contributed by atoms with Crippen LogP contribution in [-0.2, 0) is 42.9 Å². The highest BCUT2D eigenvalue weighted by molar-refractivity contribution is 5.79. The average molecular weight is 345 g/mol. The summed E-state index contributed by atoms with van der Waals surface area (Å²) in [5, 5.41) is 11.9. The van der Waals surface area contributed by atoms with Crippen LogP contribution in [0.2, 0.25) is 0 Å². The first-order valence-corrected chi connectivity index (χ1v) is 8.96. The summed E-state index contributed by atoms with van der Waals surface area (Å²) in [5.74, 6) is 0.0294. The van der Waals surface area contributed by atoms with E-state index in [1.54, 1.807) is 10.9 Å². The van der Waals surface area contributed by atoms with Crippen molar-refractivity contribution in [3.8, 4) is 0 Å². The molecule has 7 heteroatoms. The third-order valence-corrected chi connectivity index (χ3v) is 4.86. The summed E-state index contributed by atoms with van der Waals surface area (Å²) in [6.07, 6.45) is 6.53. The van der Waals surface area contributed by atoms with E-state index < -0.39 is 0 Å². The van der Waals surface area contributed by atoms with Gasteiger partial charge in [0.15, 0.2) is 0 Å². The summed E-state index contributed by atoms with van der Waals surface area (Å²) in [6.45, 7) is 4.82. The van der Waals surface area contributed by atoms with Gasteiger partial charge in [0.2, 0.25) is 5.91 Å². The Labute approximate surface area is 148 Å². The molecule has 3 heterocycles. The summed E-state index contributed by atoms with van der Waals surface area (Å²) >= 11 is 0. The third kappa shape index (κ3) is 3.61. The molecule has 1 aliphatic heterocycles. The summed E-state index contributed by atoms with van der Waals surface area (Å²) < 4.78 is 9.48. The largest absolute Gasteiger partial charge is 0.371 e.